The van der Waals surface area contributed by atoms with Crippen LogP contribution in [0, 0.1) is 5.82 Å². The fourth-order valence-corrected chi connectivity index (χ4v) is 4.54. The molecule has 0 unspecified atom stereocenters. The van der Waals surface area contributed by atoms with Crippen molar-refractivity contribution in [3.05, 3.63) is 106 Å². The van der Waals surface area contributed by atoms with Gasteiger partial charge in [0.25, 0.3) is 5.91 Å². The number of hydrogen-bond acceptors (Lipinski definition) is 4. The number of fused-ring (bicyclic) bond motifs is 1. The lowest BCUT2D eigenvalue weighted by Crippen LogP contribution is -2.48. The van der Waals surface area contributed by atoms with E-state index >= 15 is 0 Å². The molecule has 0 spiro atoms. The molecule has 5 rings (SSSR count). The molecular formula is C27H25FN2O3. The Kier molecular flexibility index (Phi) is 5.92. The summed E-state index contributed by atoms with van der Waals surface area (Å²) in [5.74, 6) is -0.596. The highest BCUT2D eigenvalue weighted by Crippen LogP contribution is 2.31. The van der Waals surface area contributed by atoms with E-state index in [9.17, 15) is 14.0 Å². The predicted molar refractivity (Wildman–Crippen MR) is 122 cm³/mol. The van der Waals surface area contributed by atoms with Crippen molar-refractivity contribution in [3.63, 3.8) is 0 Å². The summed E-state index contributed by atoms with van der Waals surface area (Å²) in [7, 11) is 0. The SMILES string of the molecule is O=C1O[C@@H](c2ccccc2)Cc2cc(C(=O)N3CCN(Cc4ccccc4F)CC3)ccc21. The van der Waals surface area contributed by atoms with Crippen molar-refractivity contribution in [3.8, 4) is 0 Å². The molecule has 0 radical (unpaired) electrons. The Labute approximate surface area is 192 Å². The molecule has 6 heteroatoms. The lowest BCUT2D eigenvalue weighted by atomic mass is 9.93. The molecule has 3 aromatic carbocycles. The Morgan fingerprint density at radius 1 is 0.939 bits per heavy atom. The van der Waals surface area contributed by atoms with Gasteiger partial charge >= 0.3 is 5.97 Å². The van der Waals surface area contributed by atoms with Crippen molar-refractivity contribution in [2.24, 2.45) is 0 Å². The number of esters is 1. The third-order valence-corrected chi connectivity index (χ3v) is 6.41. The highest BCUT2D eigenvalue weighted by molar-refractivity contribution is 5.97. The fourth-order valence-electron chi connectivity index (χ4n) is 4.54. The molecule has 0 bridgehead atoms. The monoisotopic (exact) mass is 444 g/mol. The minimum atomic E-state index is -0.356. The van der Waals surface area contributed by atoms with Gasteiger partial charge < -0.3 is 9.64 Å². The van der Waals surface area contributed by atoms with Crippen LogP contribution in [0.1, 0.15) is 43.5 Å². The highest BCUT2D eigenvalue weighted by atomic mass is 19.1. The highest BCUT2D eigenvalue weighted by Gasteiger charge is 2.29. The second kappa shape index (κ2) is 9.16. The number of amides is 1. The van der Waals surface area contributed by atoms with Crippen LogP contribution in [0.15, 0.2) is 72.8 Å². The van der Waals surface area contributed by atoms with Crippen molar-refractivity contribution >= 4 is 11.9 Å². The maximum absolute atomic E-state index is 13.9. The topological polar surface area (TPSA) is 49.9 Å². The number of benzene rings is 3. The molecule has 33 heavy (non-hydrogen) atoms. The van der Waals surface area contributed by atoms with Crippen LogP contribution in [-0.2, 0) is 17.7 Å². The first-order chi connectivity index (χ1) is 16.1. The zero-order valence-electron chi connectivity index (χ0n) is 18.2. The van der Waals surface area contributed by atoms with E-state index in [1.807, 2.05) is 47.4 Å². The molecule has 1 atom stereocenters. The molecular weight excluding hydrogens is 419 g/mol. The molecule has 0 aromatic heterocycles. The average molecular weight is 445 g/mol. The molecule has 1 saturated heterocycles. The first-order valence-electron chi connectivity index (χ1n) is 11.2. The molecule has 3 aromatic rings. The quantitative estimate of drug-likeness (QED) is 0.565. The van der Waals surface area contributed by atoms with E-state index in [2.05, 4.69) is 4.90 Å². The van der Waals surface area contributed by atoms with Gasteiger partial charge in [-0.05, 0) is 35.4 Å². The summed E-state index contributed by atoms with van der Waals surface area (Å²) in [4.78, 5) is 29.7. The lowest BCUT2D eigenvalue weighted by molar-refractivity contribution is 0.0252. The van der Waals surface area contributed by atoms with Crippen molar-refractivity contribution in [1.82, 2.24) is 9.80 Å². The summed E-state index contributed by atoms with van der Waals surface area (Å²) in [6.45, 7) is 3.08. The van der Waals surface area contributed by atoms with Crippen LogP contribution in [0.25, 0.3) is 0 Å². The summed E-state index contributed by atoms with van der Waals surface area (Å²) in [5, 5.41) is 0. The number of rotatable bonds is 4. The average Bonchev–Trinajstić information content (AvgIpc) is 2.85. The zero-order valence-corrected chi connectivity index (χ0v) is 18.2. The number of piperazine rings is 1. The standard InChI is InChI=1S/C27H25FN2O3/c28-24-9-5-4-8-21(24)18-29-12-14-30(15-13-29)26(31)20-10-11-23-22(16-20)17-25(33-27(23)32)19-6-2-1-3-7-19/h1-11,16,25H,12-15,17-18H2/t25-/m1/s1. The van der Waals surface area contributed by atoms with Crippen molar-refractivity contribution in [2.45, 2.75) is 19.1 Å². The van der Waals surface area contributed by atoms with E-state index < -0.39 is 0 Å². The molecule has 5 nitrogen and oxygen atoms in total. The summed E-state index contributed by atoms with van der Waals surface area (Å²) in [6.07, 6.45) is 0.196. The molecule has 2 heterocycles. The van der Waals surface area contributed by atoms with Crippen LogP contribution < -0.4 is 0 Å². The Bertz CT molecular complexity index is 1170. The van der Waals surface area contributed by atoms with E-state index in [0.717, 1.165) is 11.1 Å². The van der Waals surface area contributed by atoms with Crippen molar-refractivity contribution in [2.75, 3.05) is 26.2 Å². The Morgan fingerprint density at radius 2 is 1.67 bits per heavy atom. The van der Waals surface area contributed by atoms with E-state index in [1.165, 1.54) is 6.07 Å². The maximum atomic E-state index is 13.9. The largest absolute Gasteiger partial charge is 0.454 e. The van der Waals surface area contributed by atoms with Gasteiger partial charge in [0.05, 0.1) is 5.56 Å². The minimum absolute atomic E-state index is 0.0430. The van der Waals surface area contributed by atoms with E-state index in [1.54, 1.807) is 24.3 Å². The predicted octanol–water partition coefficient (Wildman–Crippen LogP) is 4.24. The van der Waals surface area contributed by atoms with Crippen LogP contribution in [0.4, 0.5) is 4.39 Å². The van der Waals surface area contributed by atoms with Gasteiger partial charge in [0.15, 0.2) is 0 Å². The summed E-state index contributed by atoms with van der Waals surface area (Å²) in [6, 6.07) is 21.7. The van der Waals surface area contributed by atoms with Crippen LogP contribution in [0.2, 0.25) is 0 Å². The van der Waals surface area contributed by atoms with Crippen molar-refractivity contribution < 1.29 is 18.7 Å². The van der Waals surface area contributed by atoms with Crippen LogP contribution >= 0.6 is 0 Å². The number of carbonyl (C=O) groups excluding carboxylic acids is 2. The van der Waals surface area contributed by atoms with Gasteiger partial charge in [-0.1, -0.05) is 48.5 Å². The number of carbonyl (C=O) groups is 2. The molecule has 0 aliphatic carbocycles. The zero-order chi connectivity index (χ0) is 22.8. The second-order valence-corrected chi connectivity index (χ2v) is 8.54. The Hall–Kier alpha value is -3.51. The first kappa shape index (κ1) is 21.3. The number of ether oxygens (including phenoxy) is 1. The minimum Gasteiger partial charge on any atom is -0.454 e. The summed E-state index contributed by atoms with van der Waals surface area (Å²) < 4.78 is 19.6. The Balaban J connectivity index is 1.26. The van der Waals surface area contributed by atoms with Gasteiger partial charge in [-0.2, -0.15) is 0 Å². The third kappa shape index (κ3) is 4.52. The summed E-state index contributed by atoms with van der Waals surface area (Å²) >= 11 is 0. The molecule has 0 saturated carbocycles. The Morgan fingerprint density at radius 3 is 2.42 bits per heavy atom. The number of hydrogen-bond donors (Lipinski definition) is 0. The van der Waals surface area contributed by atoms with E-state index in [4.69, 9.17) is 4.74 Å². The molecule has 1 amide bonds. The third-order valence-electron chi connectivity index (χ3n) is 6.41. The second-order valence-electron chi connectivity index (χ2n) is 8.54. The number of nitrogens with zero attached hydrogens (tertiary/aromatic N) is 2. The van der Waals surface area contributed by atoms with Crippen LogP contribution in [0.5, 0.6) is 0 Å². The molecule has 1 fully saturated rings. The first-order valence-corrected chi connectivity index (χ1v) is 11.2. The molecule has 2 aliphatic rings. The van der Waals surface area contributed by atoms with Gasteiger partial charge in [-0.15, -0.1) is 0 Å². The fraction of sp³-hybridized carbons (Fsp3) is 0.259. The van der Waals surface area contributed by atoms with E-state index in [0.29, 0.717) is 55.8 Å². The smallest absolute Gasteiger partial charge is 0.339 e. The van der Waals surface area contributed by atoms with Gasteiger partial charge in [-0.25, -0.2) is 9.18 Å². The molecule has 168 valence electrons. The number of halogens is 1. The molecule has 2 aliphatic heterocycles. The maximum Gasteiger partial charge on any atom is 0.339 e. The molecule has 0 N–H and O–H groups in total. The number of cyclic esters (lactones) is 1. The van der Waals surface area contributed by atoms with Gasteiger partial charge in [0.1, 0.15) is 11.9 Å². The van der Waals surface area contributed by atoms with Crippen molar-refractivity contribution in [1.29, 1.82) is 0 Å². The van der Waals surface area contributed by atoms with E-state index in [-0.39, 0.29) is 23.8 Å². The lowest BCUT2D eigenvalue weighted by Gasteiger charge is -2.35. The van der Waals surface area contributed by atoms with Gasteiger partial charge in [0, 0.05) is 50.3 Å². The van der Waals surface area contributed by atoms with Crippen LogP contribution in [0.3, 0.4) is 0 Å². The van der Waals surface area contributed by atoms with Gasteiger partial charge in [0.2, 0.25) is 0 Å². The normalized spacial score (nSPS) is 18.5. The van der Waals surface area contributed by atoms with Gasteiger partial charge in [-0.3, -0.25) is 9.69 Å². The summed E-state index contributed by atoms with van der Waals surface area (Å²) in [5.41, 5.74) is 3.56. The van der Waals surface area contributed by atoms with Crippen LogP contribution in [-0.4, -0.2) is 47.9 Å².